The molecule has 0 aliphatic heterocycles. The lowest BCUT2D eigenvalue weighted by molar-refractivity contribution is 0.354. The first kappa shape index (κ1) is 16.2. The minimum atomic E-state index is 0.765. The van der Waals surface area contributed by atoms with Crippen molar-refractivity contribution in [1.82, 2.24) is 5.32 Å². The number of anilines is 1. The van der Waals surface area contributed by atoms with Crippen molar-refractivity contribution in [3.63, 3.8) is 0 Å². The number of nitrogens with two attached hydrogens (primary N) is 1. The molecule has 2 rings (SSSR count). The predicted octanol–water partition coefficient (Wildman–Crippen LogP) is 2.66. The zero-order chi connectivity index (χ0) is 15.8. The van der Waals surface area contributed by atoms with E-state index in [-0.39, 0.29) is 0 Å². The second-order valence-electron chi connectivity index (χ2n) is 5.18. The molecule has 2 aromatic rings. The van der Waals surface area contributed by atoms with Crippen molar-refractivity contribution in [2.24, 2.45) is 0 Å². The fourth-order valence-corrected chi connectivity index (χ4v) is 2.38. The van der Waals surface area contributed by atoms with Gasteiger partial charge in [0.25, 0.3) is 0 Å². The molecule has 118 valence electrons. The maximum atomic E-state index is 5.77. The van der Waals surface area contributed by atoms with Crippen molar-refractivity contribution < 1.29 is 9.47 Å². The Balaban J connectivity index is 1.74. The van der Waals surface area contributed by atoms with Gasteiger partial charge in [-0.1, -0.05) is 18.2 Å². The molecule has 0 bridgehead atoms. The van der Waals surface area contributed by atoms with E-state index in [2.05, 4.69) is 17.4 Å². The lowest BCUT2D eigenvalue weighted by Crippen LogP contribution is -2.20. The molecule has 0 fully saturated rings. The molecule has 4 nitrogen and oxygen atoms in total. The monoisotopic (exact) mass is 300 g/mol. The molecule has 2 aromatic carbocycles. The Labute approximate surface area is 132 Å². The molecule has 0 aliphatic rings. The molecule has 3 N–H and O–H groups in total. The number of hydrogen-bond acceptors (Lipinski definition) is 4. The Morgan fingerprint density at radius 2 is 1.55 bits per heavy atom. The highest BCUT2D eigenvalue weighted by Gasteiger charge is 2.04. The van der Waals surface area contributed by atoms with Crippen LogP contribution < -0.4 is 20.5 Å². The summed E-state index contributed by atoms with van der Waals surface area (Å²) in [5, 5.41) is 3.46. The Bertz CT molecular complexity index is 599. The summed E-state index contributed by atoms with van der Waals surface area (Å²) in [6, 6.07) is 14.1. The molecule has 0 saturated carbocycles. The summed E-state index contributed by atoms with van der Waals surface area (Å²) in [4.78, 5) is 0. The van der Waals surface area contributed by atoms with E-state index in [0.29, 0.717) is 0 Å². The Hall–Kier alpha value is -2.20. The molecule has 0 unspecified atom stereocenters. The van der Waals surface area contributed by atoms with E-state index in [0.717, 1.165) is 43.1 Å². The first-order valence-electron chi connectivity index (χ1n) is 7.49. The highest BCUT2D eigenvalue weighted by molar-refractivity contribution is 5.43. The number of nitrogens with one attached hydrogen (secondary N) is 1. The number of benzene rings is 2. The molecule has 0 saturated heterocycles. The molecular formula is C18H24N2O2. The minimum absolute atomic E-state index is 0.765. The number of methoxy groups -OCH3 is 2. The first-order chi connectivity index (χ1) is 10.7. The SMILES string of the molecule is COc1ccc(CCNCCc2cccc(N)c2)cc1OC. The van der Waals surface area contributed by atoms with Crippen LogP contribution in [0.25, 0.3) is 0 Å². The van der Waals surface area contributed by atoms with Crippen molar-refractivity contribution in [3.05, 3.63) is 53.6 Å². The molecule has 0 amide bonds. The van der Waals surface area contributed by atoms with Crippen LogP contribution in [0.5, 0.6) is 11.5 Å². The van der Waals surface area contributed by atoms with Gasteiger partial charge in [-0.05, 0) is 61.3 Å². The van der Waals surface area contributed by atoms with E-state index in [1.807, 2.05) is 30.3 Å². The molecule has 4 heteroatoms. The van der Waals surface area contributed by atoms with Crippen LogP contribution in [0.2, 0.25) is 0 Å². The van der Waals surface area contributed by atoms with Crippen LogP contribution in [0.4, 0.5) is 5.69 Å². The number of rotatable bonds is 8. The summed E-state index contributed by atoms with van der Waals surface area (Å²) in [5.74, 6) is 1.54. The van der Waals surface area contributed by atoms with Crippen LogP contribution in [0, 0.1) is 0 Å². The van der Waals surface area contributed by atoms with Gasteiger partial charge in [0.15, 0.2) is 11.5 Å². The van der Waals surface area contributed by atoms with Crippen LogP contribution in [0.1, 0.15) is 11.1 Å². The molecule has 0 radical (unpaired) electrons. The second kappa shape index (κ2) is 8.29. The summed E-state index contributed by atoms with van der Waals surface area (Å²) < 4.78 is 10.6. The number of hydrogen-bond donors (Lipinski definition) is 2. The van der Waals surface area contributed by atoms with Gasteiger partial charge in [0.05, 0.1) is 14.2 Å². The maximum Gasteiger partial charge on any atom is 0.160 e. The zero-order valence-corrected chi connectivity index (χ0v) is 13.3. The smallest absolute Gasteiger partial charge is 0.160 e. The third-order valence-corrected chi connectivity index (χ3v) is 3.58. The summed E-state index contributed by atoms with van der Waals surface area (Å²) in [7, 11) is 3.31. The minimum Gasteiger partial charge on any atom is -0.493 e. The van der Waals surface area contributed by atoms with Crippen LogP contribution in [-0.2, 0) is 12.8 Å². The zero-order valence-electron chi connectivity index (χ0n) is 13.3. The van der Waals surface area contributed by atoms with Crippen molar-refractivity contribution in [2.75, 3.05) is 33.0 Å². The van der Waals surface area contributed by atoms with E-state index in [1.54, 1.807) is 14.2 Å². The highest BCUT2D eigenvalue weighted by Crippen LogP contribution is 2.27. The van der Waals surface area contributed by atoms with Crippen LogP contribution in [-0.4, -0.2) is 27.3 Å². The topological polar surface area (TPSA) is 56.5 Å². The van der Waals surface area contributed by atoms with Gasteiger partial charge >= 0.3 is 0 Å². The molecule has 0 spiro atoms. The highest BCUT2D eigenvalue weighted by atomic mass is 16.5. The van der Waals surface area contributed by atoms with E-state index < -0.39 is 0 Å². The molecule has 0 aliphatic carbocycles. The summed E-state index contributed by atoms with van der Waals surface area (Å²) in [6.07, 6.45) is 1.94. The average Bonchev–Trinajstić information content (AvgIpc) is 2.54. The van der Waals surface area contributed by atoms with Gasteiger partial charge in [-0.2, -0.15) is 0 Å². The maximum absolute atomic E-state index is 5.77. The van der Waals surface area contributed by atoms with Gasteiger partial charge in [0.2, 0.25) is 0 Å². The Morgan fingerprint density at radius 3 is 2.18 bits per heavy atom. The Morgan fingerprint density at radius 1 is 0.864 bits per heavy atom. The lowest BCUT2D eigenvalue weighted by atomic mass is 10.1. The standard InChI is InChI=1S/C18H24N2O2/c1-21-17-7-6-15(13-18(17)22-2)9-11-20-10-8-14-4-3-5-16(19)12-14/h3-7,12-13,20H,8-11,19H2,1-2H3. The van der Waals surface area contributed by atoms with E-state index in [1.165, 1.54) is 11.1 Å². The summed E-state index contributed by atoms with van der Waals surface area (Å²) >= 11 is 0. The third kappa shape index (κ3) is 4.67. The normalized spacial score (nSPS) is 10.5. The van der Waals surface area contributed by atoms with Gasteiger partial charge in [-0.3, -0.25) is 0 Å². The van der Waals surface area contributed by atoms with Gasteiger partial charge < -0.3 is 20.5 Å². The molecule has 0 heterocycles. The quantitative estimate of drug-likeness (QED) is 0.581. The van der Waals surface area contributed by atoms with E-state index >= 15 is 0 Å². The largest absolute Gasteiger partial charge is 0.493 e. The second-order valence-corrected chi connectivity index (χ2v) is 5.18. The van der Waals surface area contributed by atoms with Crippen molar-refractivity contribution in [2.45, 2.75) is 12.8 Å². The number of nitrogen functional groups attached to an aromatic ring is 1. The summed E-state index contributed by atoms with van der Waals surface area (Å²) in [6.45, 7) is 1.87. The van der Waals surface area contributed by atoms with Crippen molar-refractivity contribution in [1.29, 1.82) is 0 Å². The van der Waals surface area contributed by atoms with Crippen LogP contribution in [0.3, 0.4) is 0 Å². The van der Waals surface area contributed by atoms with Gasteiger partial charge in [-0.15, -0.1) is 0 Å². The van der Waals surface area contributed by atoms with Crippen LogP contribution in [0.15, 0.2) is 42.5 Å². The molecular weight excluding hydrogens is 276 g/mol. The fraction of sp³-hybridized carbons (Fsp3) is 0.333. The van der Waals surface area contributed by atoms with E-state index in [4.69, 9.17) is 15.2 Å². The first-order valence-corrected chi connectivity index (χ1v) is 7.49. The van der Waals surface area contributed by atoms with E-state index in [9.17, 15) is 0 Å². The average molecular weight is 300 g/mol. The number of ether oxygens (including phenoxy) is 2. The van der Waals surface area contributed by atoms with Gasteiger partial charge in [-0.25, -0.2) is 0 Å². The van der Waals surface area contributed by atoms with Gasteiger partial charge in [0.1, 0.15) is 0 Å². The Kier molecular flexibility index (Phi) is 6.10. The molecule has 0 atom stereocenters. The van der Waals surface area contributed by atoms with Crippen molar-refractivity contribution >= 4 is 5.69 Å². The van der Waals surface area contributed by atoms with Crippen molar-refractivity contribution in [3.8, 4) is 11.5 Å². The summed E-state index contributed by atoms with van der Waals surface area (Å²) in [5.41, 5.74) is 9.09. The molecule has 22 heavy (non-hydrogen) atoms. The fourth-order valence-electron chi connectivity index (χ4n) is 2.38. The van der Waals surface area contributed by atoms with Gasteiger partial charge in [0, 0.05) is 5.69 Å². The predicted molar refractivity (Wildman–Crippen MR) is 90.7 cm³/mol. The van der Waals surface area contributed by atoms with Crippen LogP contribution >= 0.6 is 0 Å². The third-order valence-electron chi connectivity index (χ3n) is 3.58. The lowest BCUT2D eigenvalue weighted by Gasteiger charge is -2.10. The molecule has 0 aromatic heterocycles.